The summed E-state index contributed by atoms with van der Waals surface area (Å²) in [4.78, 5) is 24.8. The van der Waals surface area contributed by atoms with Gasteiger partial charge in [0.1, 0.15) is 21.7 Å². The largest absolute Gasteiger partial charge is 0.495 e. The number of amides is 1. The molecule has 0 aliphatic rings. The third-order valence-electron chi connectivity index (χ3n) is 4.67. The van der Waals surface area contributed by atoms with Crippen molar-refractivity contribution in [1.29, 1.82) is 5.26 Å². The Bertz CT molecular complexity index is 1360. The Balaban J connectivity index is 1.78. The number of nitrogens with one attached hydrogen (secondary N) is 2. The van der Waals surface area contributed by atoms with Crippen LogP contribution >= 0.6 is 11.3 Å². The quantitative estimate of drug-likeness (QED) is 0.449. The Morgan fingerprint density at radius 3 is 2.47 bits per heavy atom. The van der Waals surface area contributed by atoms with Crippen molar-refractivity contribution in [1.82, 2.24) is 0 Å². The molecule has 3 rings (SSSR count). The molecule has 3 aromatic rings. The number of benzene rings is 2. The molecule has 2 N–H and O–H groups in total. The van der Waals surface area contributed by atoms with Gasteiger partial charge in [0.25, 0.3) is 15.9 Å². The lowest BCUT2D eigenvalue weighted by Crippen LogP contribution is -2.30. The average molecular weight is 500 g/mol. The first-order chi connectivity index (χ1) is 16.1. The fraction of sp³-hybridized carbons (Fsp3) is 0.174. The number of rotatable bonds is 8. The average Bonchev–Trinajstić information content (AvgIpc) is 3.26. The van der Waals surface area contributed by atoms with Gasteiger partial charge in [-0.25, -0.2) is 13.2 Å². The number of aryl methyl sites for hydroxylation is 1. The van der Waals surface area contributed by atoms with Crippen LogP contribution in [0, 0.1) is 18.3 Å². The molecule has 1 unspecified atom stereocenters. The van der Waals surface area contributed by atoms with Crippen LogP contribution in [0.5, 0.6) is 5.75 Å². The number of hydrogen-bond donors (Lipinski definition) is 2. The number of carbonyl (C=O) groups excluding carboxylic acids is 2. The minimum Gasteiger partial charge on any atom is -0.495 e. The van der Waals surface area contributed by atoms with E-state index in [4.69, 9.17) is 14.7 Å². The van der Waals surface area contributed by atoms with E-state index in [9.17, 15) is 18.0 Å². The highest BCUT2D eigenvalue weighted by molar-refractivity contribution is 7.92. The SMILES string of the molecule is COc1ccc(C(=O)OC(C)C(=O)Nc2sccc2C#N)cc1S(=O)(=O)Nc1ccc(C)cc1. The van der Waals surface area contributed by atoms with Crippen LogP contribution in [0.15, 0.2) is 58.8 Å². The molecular formula is C23H21N3O6S2. The van der Waals surface area contributed by atoms with Crippen molar-refractivity contribution in [3.63, 3.8) is 0 Å². The number of methoxy groups -OCH3 is 1. The van der Waals surface area contributed by atoms with Crippen molar-refractivity contribution in [2.45, 2.75) is 24.8 Å². The zero-order chi connectivity index (χ0) is 24.9. The van der Waals surface area contributed by atoms with Crippen molar-refractivity contribution in [3.8, 4) is 11.8 Å². The normalized spacial score (nSPS) is 11.7. The Morgan fingerprint density at radius 2 is 1.82 bits per heavy atom. The monoisotopic (exact) mass is 499 g/mol. The highest BCUT2D eigenvalue weighted by Crippen LogP contribution is 2.28. The predicted molar refractivity (Wildman–Crippen MR) is 128 cm³/mol. The molecule has 0 saturated carbocycles. The summed E-state index contributed by atoms with van der Waals surface area (Å²) >= 11 is 1.16. The highest BCUT2D eigenvalue weighted by Gasteiger charge is 2.25. The summed E-state index contributed by atoms with van der Waals surface area (Å²) in [6.45, 7) is 3.24. The number of thiophene rings is 1. The van der Waals surface area contributed by atoms with E-state index in [1.807, 2.05) is 13.0 Å². The Morgan fingerprint density at radius 1 is 1.12 bits per heavy atom. The van der Waals surface area contributed by atoms with E-state index in [1.165, 1.54) is 26.2 Å². The van der Waals surface area contributed by atoms with Gasteiger partial charge in [0.2, 0.25) is 0 Å². The molecule has 1 heterocycles. The molecular weight excluding hydrogens is 478 g/mol. The summed E-state index contributed by atoms with van der Waals surface area (Å²) < 4.78 is 38.8. The summed E-state index contributed by atoms with van der Waals surface area (Å²) in [6, 6.07) is 14.0. The van der Waals surface area contributed by atoms with Gasteiger partial charge >= 0.3 is 5.97 Å². The van der Waals surface area contributed by atoms with Gasteiger partial charge in [-0.3, -0.25) is 9.52 Å². The number of sulfonamides is 1. The molecule has 2 aromatic carbocycles. The van der Waals surface area contributed by atoms with E-state index in [0.717, 1.165) is 23.0 Å². The molecule has 11 heteroatoms. The van der Waals surface area contributed by atoms with Crippen LogP contribution in [0.3, 0.4) is 0 Å². The maximum Gasteiger partial charge on any atom is 0.338 e. The second-order valence-corrected chi connectivity index (χ2v) is 9.72. The summed E-state index contributed by atoms with van der Waals surface area (Å²) in [5.41, 5.74) is 1.52. The first-order valence-electron chi connectivity index (χ1n) is 9.91. The predicted octanol–water partition coefficient (Wildman–Crippen LogP) is 3.92. The fourth-order valence-electron chi connectivity index (χ4n) is 2.84. The number of ether oxygens (including phenoxy) is 2. The van der Waals surface area contributed by atoms with Gasteiger partial charge in [0, 0.05) is 5.69 Å². The minimum absolute atomic E-state index is 0.0312. The summed E-state index contributed by atoms with van der Waals surface area (Å²) in [5.74, 6) is -1.50. The van der Waals surface area contributed by atoms with Gasteiger partial charge in [0.05, 0.1) is 18.2 Å². The standard InChI is InChI=1S/C23H21N3O6S2/c1-14-4-7-18(8-5-14)26-34(29,30)20-12-16(6-9-19(20)31-3)23(28)32-15(2)21(27)25-22-17(13-24)10-11-33-22/h4-12,15,26H,1-3H3,(H,25,27). The van der Waals surface area contributed by atoms with Crippen molar-refractivity contribution < 1.29 is 27.5 Å². The first kappa shape index (κ1) is 24.8. The van der Waals surface area contributed by atoms with Gasteiger partial charge in [-0.1, -0.05) is 17.7 Å². The molecule has 0 radical (unpaired) electrons. The summed E-state index contributed by atoms with van der Waals surface area (Å²) in [7, 11) is -2.79. The van der Waals surface area contributed by atoms with Crippen LogP contribution in [0.1, 0.15) is 28.4 Å². The number of esters is 1. The third-order valence-corrected chi connectivity index (χ3v) is 6.90. The topological polar surface area (TPSA) is 135 Å². The molecule has 0 aliphatic heterocycles. The molecule has 0 saturated heterocycles. The van der Waals surface area contributed by atoms with Gasteiger partial charge in [0.15, 0.2) is 6.10 Å². The van der Waals surface area contributed by atoms with E-state index in [0.29, 0.717) is 16.3 Å². The van der Waals surface area contributed by atoms with Crippen molar-refractivity contribution >= 4 is 43.9 Å². The van der Waals surface area contributed by atoms with Gasteiger partial charge in [-0.05, 0) is 55.6 Å². The number of nitriles is 1. The van der Waals surface area contributed by atoms with Crippen molar-refractivity contribution in [2.24, 2.45) is 0 Å². The molecule has 1 amide bonds. The van der Waals surface area contributed by atoms with Crippen LogP contribution < -0.4 is 14.8 Å². The van der Waals surface area contributed by atoms with Crippen molar-refractivity contribution in [3.05, 3.63) is 70.6 Å². The van der Waals surface area contributed by atoms with Gasteiger partial charge in [-0.2, -0.15) is 5.26 Å². The van der Waals surface area contributed by atoms with Crippen LogP contribution in [0.25, 0.3) is 0 Å². The first-order valence-corrected chi connectivity index (χ1v) is 12.3. The third kappa shape index (κ3) is 5.72. The van der Waals surface area contributed by atoms with E-state index in [1.54, 1.807) is 35.7 Å². The number of carbonyl (C=O) groups is 2. The number of hydrogen-bond acceptors (Lipinski definition) is 8. The number of nitrogens with zero attached hydrogens (tertiary/aromatic N) is 1. The minimum atomic E-state index is -4.10. The van der Waals surface area contributed by atoms with E-state index < -0.39 is 28.0 Å². The molecule has 0 bridgehead atoms. The summed E-state index contributed by atoms with van der Waals surface area (Å²) in [6.07, 6.45) is -1.20. The fourth-order valence-corrected chi connectivity index (χ4v) is 4.83. The molecule has 0 fully saturated rings. The molecule has 34 heavy (non-hydrogen) atoms. The van der Waals surface area contributed by atoms with Crippen LogP contribution in [-0.4, -0.2) is 33.5 Å². The zero-order valence-corrected chi connectivity index (χ0v) is 20.1. The lowest BCUT2D eigenvalue weighted by Gasteiger charge is -2.15. The Kier molecular flexibility index (Phi) is 7.55. The van der Waals surface area contributed by atoms with Gasteiger partial charge in [-0.15, -0.1) is 11.3 Å². The second kappa shape index (κ2) is 10.4. The van der Waals surface area contributed by atoms with Crippen LogP contribution in [0.2, 0.25) is 0 Å². The lowest BCUT2D eigenvalue weighted by molar-refractivity contribution is -0.123. The zero-order valence-electron chi connectivity index (χ0n) is 18.5. The smallest absolute Gasteiger partial charge is 0.338 e. The highest BCUT2D eigenvalue weighted by atomic mass is 32.2. The van der Waals surface area contributed by atoms with E-state index >= 15 is 0 Å². The van der Waals surface area contributed by atoms with Crippen molar-refractivity contribution in [2.75, 3.05) is 17.1 Å². The molecule has 9 nitrogen and oxygen atoms in total. The maximum atomic E-state index is 13.0. The Hall–Kier alpha value is -3.88. The molecule has 1 atom stereocenters. The van der Waals surface area contributed by atoms with E-state index in [-0.39, 0.29) is 16.2 Å². The second-order valence-electron chi connectivity index (χ2n) is 7.15. The van der Waals surface area contributed by atoms with Crippen LogP contribution in [0.4, 0.5) is 10.7 Å². The maximum absolute atomic E-state index is 13.0. The Labute approximate surface area is 201 Å². The summed E-state index contributed by atoms with van der Waals surface area (Å²) in [5, 5.41) is 13.6. The molecule has 0 spiro atoms. The lowest BCUT2D eigenvalue weighted by atomic mass is 10.2. The molecule has 0 aliphatic carbocycles. The molecule has 176 valence electrons. The molecule has 1 aromatic heterocycles. The van der Waals surface area contributed by atoms with Crippen LogP contribution in [-0.2, 0) is 19.6 Å². The van der Waals surface area contributed by atoms with Gasteiger partial charge < -0.3 is 14.8 Å². The van der Waals surface area contributed by atoms with E-state index in [2.05, 4.69) is 10.0 Å². The number of anilines is 2.